The molecule has 0 bridgehead atoms. The minimum absolute atomic E-state index is 0.135. The topological polar surface area (TPSA) is 58.6 Å². The van der Waals surface area contributed by atoms with Crippen LogP contribution in [0.2, 0.25) is 10.0 Å². The maximum absolute atomic E-state index is 13.8. The molecule has 5 nitrogen and oxygen atoms in total. The Morgan fingerprint density at radius 3 is 2.32 bits per heavy atom. The van der Waals surface area contributed by atoms with Crippen molar-refractivity contribution in [1.29, 1.82) is 0 Å². The highest BCUT2D eigenvalue weighted by molar-refractivity contribution is 6.35. The van der Waals surface area contributed by atoms with Gasteiger partial charge in [0.15, 0.2) is 6.61 Å². The van der Waals surface area contributed by atoms with Crippen LogP contribution in [0.1, 0.15) is 50.8 Å². The van der Waals surface area contributed by atoms with Crippen LogP contribution in [0.3, 0.4) is 0 Å². The van der Waals surface area contributed by atoms with Crippen LogP contribution in [0.15, 0.2) is 72.8 Å². The van der Waals surface area contributed by atoms with Crippen LogP contribution < -0.4 is 10.1 Å². The lowest BCUT2D eigenvalue weighted by molar-refractivity contribution is -0.142. The molecule has 38 heavy (non-hydrogen) atoms. The predicted molar refractivity (Wildman–Crippen MR) is 155 cm³/mol. The average molecular weight is 556 g/mol. The highest BCUT2D eigenvalue weighted by Gasteiger charge is 2.31. The molecule has 0 aliphatic rings. The van der Waals surface area contributed by atoms with Crippen molar-refractivity contribution in [2.75, 3.05) is 13.2 Å². The lowest BCUT2D eigenvalue weighted by Gasteiger charge is -2.32. The van der Waals surface area contributed by atoms with Gasteiger partial charge in [-0.15, -0.1) is 0 Å². The molecule has 2 amide bonds. The molecule has 0 fully saturated rings. The molecule has 0 saturated carbocycles. The molecular formula is C31H36Cl2N2O3. The number of nitrogens with zero attached hydrogens (tertiary/aromatic N) is 1. The second-order valence-electron chi connectivity index (χ2n) is 10.3. The average Bonchev–Trinajstić information content (AvgIpc) is 2.89. The van der Waals surface area contributed by atoms with Crippen molar-refractivity contribution in [3.63, 3.8) is 0 Å². The van der Waals surface area contributed by atoms with E-state index in [9.17, 15) is 9.59 Å². The fourth-order valence-electron chi connectivity index (χ4n) is 4.19. The van der Waals surface area contributed by atoms with Crippen LogP contribution in [-0.4, -0.2) is 35.9 Å². The van der Waals surface area contributed by atoms with Gasteiger partial charge in [0.25, 0.3) is 5.91 Å². The van der Waals surface area contributed by atoms with Gasteiger partial charge in [-0.05, 0) is 46.7 Å². The van der Waals surface area contributed by atoms with E-state index in [2.05, 4.69) is 26.1 Å². The van der Waals surface area contributed by atoms with Gasteiger partial charge in [0.1, 0.15) is 11.8 Å². The molecule has 1 N–H and O–H groups in total. The third kappa shape index (κ3) is 8.24. The van der Waals surface area contributed by atoms with Crippen LogP contribution >= 0.6 is 23.2 Å². The van der Waals surface area contributed by atoms with Gasteiger partial charge in [-0.25, -0.2) is 0 Å². The number of carbonyl (C=O) groups excluding carboxylic acids is 2. The minimum Gasteiger partial charge on any atom is -0.483 e. The van der Waals surface area contributed by atoms with Crippen molar-refractivity contribution in [3.05, 3.63) is 99.5 Å². The van der Waals surface area contributed by atoms with Crippen LogP contribution in [-0.2, 0) is 28.0 Å². The van der Waals surface area contributed by atoms with Gasteiger partial charge in [-0.2, -0.15) is 0 Å². The van der Waals surface area contributed by atoms with Crippen molar-refractivity contribution in [3.8, 4) is 5.75 Å². The van der Waals surface area contributed by atoms with Crippen LogP contribution in [0.25, 0.3) is 0 Å². The number of carbonyl (C=O) groups is 2. The summed E-state index contributed by atoms with van der Waals surface area (Å²) in [6.07, 6.45) is 1.14. The van der Waals surface area contributed by atoms with Crippen LogP contribution in [0.4, 0.5) is 0 Å². The molecule has 0 radical (unpaired) electrons. The second-order valence-corrected chi connectivity index (χ2v) is 11.1. The molecule has 7 heteroatoms. The van der Waals surface area contributed by atoms with Gasteiger partial charge in [0.2, 0.25) is 5.91 Å². The number of ether oxygens (including phenoxy) is 1. The Bertz CT molecular complexity index is 1230. The van der Waals surface area contributed by atoms with E-state index < -0.39 is 6.04 Å². The van der Waals surface area contributed by atoms with E-state index in [1.165, 1.54) is 0 Å². The summed E-state index contributed by atoms with van der Waals surface area (Å²) in [5.41, 5.74) is 2.48. The lowest BCUT2D eigenvalue weighted by Crippen LogP contribution is -2.51. The number of halogens is 2. The first-order chi connectivity index (χ1) is 18.1. The molecule has 0 saturated heterocycles. The molecule has 0 aliphatic carbocycles. The highest BCUT2D eigenvalue weighted by atomic mass is 35.5. The molecule has 3 aromatic rings. The number of benzene rings is 3. The standard InChI is InChI=1S/C31H36Cl2N2O3/c1-5-17-34-30(37)27(18-22-11-7-6-8-12-22)35(20-23-15-16-24(32)19-26(23)33)29(36)21-38-28-14-10-9-13-25(28)31(2,3)4/h6-16,19,27H,5,17-18,20-21H2,1-4H3,(H,34,37)/t27-/m0/s1. The van der Waals surface area contributed by atoms with Gasteiger partial charge in [-0.1, -0.05) is 105 Å². The van der Waals surface area contributed by atoms with E-state index >= 15 is 0 Å². The maximum atomic E-state index is 13.8. The molecule has 0 aliphatic heterocycles. The van der Waals surface area contributed by atoms with Crippen molar-refractivity contribution in [2.24, 2.45) is 0 Å². The van der Waals surface area contributed by atoms with Crippen LogP contribution in [0.5, 0.6) is 5.75 Å². The number of para-hydroxylation sites is 1. The summed E-state index contributed by atoms with van der Waals surface area (Å²) in [5.74, 6) is 0.115. The Kier molecular flexibility index (Phi) is 10.6. The van der Waals surface area contributed by atoms with Crippen molar-refractivity contribution in [1.82, 2.24) is 10.2 Å². The number of rotatable bonds is 11. The Morgan fingerprint density at radius 1 is 0.974 bits per heavy atom. The Hall–Kier alpha value is -3.02. The second kappa shape index (κ2) is 13.7. The molecule has 1 atom stereocenters. The quantitative estimate of drug-likeness (QED) is 0.282. The lowest BCUT2D eigenvalue weighted by atomic mass is 9.86. The van der Waals surface area contributed by atoms with Gasteiger partial charge in [0, 0.05) is 29.6 Å². The van der Waals surface area contributed by atoms with Gasteiger partial charge in [-0.3, -0.25) is 9.59 Å². The SMILES string of the molecule is CCCNC(=O)[C@H](Cc1ccccc1)N(Cc1ccc(Cl)cc1Cl)C(=O)COc1ccccc1C(C)(C)C. The molecular weight excluding hydrogens is 519 g/mol. The summed E-state index contributed by atoms with van der Waals surface area (Å²) in [5, 5.41) is 3.91. The van der Waals surface area contributed by atoms with E-state index in [4.69, 9.17) is 27.9 Å². The first kappa shape index (κ1) is 29.5. The van der Waals surface area contributed by atoms with Gasteiger partial charge in [0.05, 0.1) is 0 Å². The third-order valence-electron chi connectivity index (χ3n) is 6.22. The summed E-state index contributed by atoms with van der Waals surface area (Å²) in [7, 11) is 0. The third-order valence-corrected chi connectivity index (χ3v) is 6.81. The van der Waals surface area contributed by atoms with E-state index in [0.29, 0.717) is 34.3 Å². The molecule has 0 heterocycles. The zero-order valence-corrected chi connectivity index (χ0v) is 24.0. The highest BCUT2D eigenvalue weighted by Crippen LogP contribution is 2.31. The van der Waals surface area contributed by atoms with E-state index in [1.54, 1.807) is 23.1 Å². The zero-order valence-electron chi connectivity index (χ0n) is 22.5. The summed E-state index contributed by atoms with van der Waals surface area (Å²) < 4.78 is 6.08. The first-order valence-electron chi connectivity index (χ1n) is 12.9. The van der Waals surface area contributed by atoms with E-state index in [0.717, 1.165) is 17.5 Å². The predicted octanol–water partition coefficient (Wildman–Crippen LogP) is 6.84. The number of amides is 2. The molecule has 3 rings (SSSR count). The Labute approximate surface area is 236 Å². The van der Waals surface area contributed by atoms with Gasteiger partial charge < -0.3 is 15.0 Å². The molecule has 3 aromatic carbocycles. The summed E-state index contributed by atoms with van der Waals surface area (Å²) in [6.45, 7) is 8.72. The largest absolute Gasteiger partial charge is 0.483 e. The van der Waals surface area contributed by atoms with E-state index in [1.807, 2.05) is 61.5 Å². The van der Waals surface area contributed by atoms with Gasteiger partial charge >= 0.3 is 0 Å². The fraction of sp³-hybridized carbons (Fsp3) is 0.355. The zero-order chi connectivity index (χ0) is 27.7. The fourth-order valence-corrected chi connectivity index (χ4v) is 4.66. The van der Waals surface area contributed by atoms with Crippen molar-refractivity contribution in [2.45, 2.75) is 58.5 Å². The maximum Gasteiger partial charge on any atom is 0.261 e. The van der Waals surface area contributed by atoms with Crippen molar-refractivity contribution >= 4 is 35.0 Å². The number of hydrogen-bond donors (Lipinski definition) is 1. The summed E-state index contributed by atoms with van der Waals surface area (Å²) in [4.78, 5) is 28.8. The molecule has 202 valence electrons. The smallest absolute Gasteiger partial charge is 0.261 e. The normalized spacial score (nSPS) is 12.1. The Balaban J connectivity index is 1.96. The molecule has 0 spiro atoms. The molecule has 0 aromatic heterocycles. The summed E-state index contributed by atoms with van der Waals surface area (Å²) in [6, 6.07) is 21.8. The minimum atomic E-state index is -0.760. The van der Waals surface area contributed by atoms with Crippen LogP contribution in [0, 0.1) is 0 Å². The molecule has 0 unspecified atom stereocenters. The number of hydrogen-bond acceptors (Lipinski definition) is 3. The first-order valence-corrected chi connectivity index (χ1v) is 13.6. The monoisotopic (exact) mass is 554 g/mol. The van der Waals surface area contributed by atoms with Crippen molar-refractivity contribution < 1.29 is 14.3 Å². The Morgan fingerprint density at radius 2 is 1.66 bits per heavy atom. The number of nitrogens with one attached hydrogen (secondary N) is 1. The van der Waals surface area contributed by atoms with E-state index in [-0.39, 0.29) is 30.4 Å². The summed E-state index contributed by atoms with van der Waals surface area (Å²) >= 11 is 12.6.